The van der Waals surface area contributed by atoms with Crippen molar-refractivity contribution in [1.82, 2.24) is 9.13 Å². The lowest BCUT2D eigenvalue weighted by Gasteiger charge is -2.14. The molecule has 8 rings (SSSR count). The SMILES string of the molecule is [C-]#[N+]c1cccc(-n2c3ccc([N+]#[C-])cc3c3cccc(-c4cccc(-n5c6ccccc6c6ccccc65)c4)c32)c1. The highest BCUT2D eigenvalue weighted by Crippen LogP contribution is 2.41. The van der Waals surface area contributed by atoms with Crippen molar-refractivity contribution in [3.8, 4) is 22.5 Å². The van der Waals surface area contributed by atoms with Gasteiger partial charge in [0.15, 0.2) is 11.4 Å². The van der Waals surface area contributed by atoms with Crippen LogP contribution in [0.3, 0.4) is 0 Å². The lowest BCUT2D eigenvalue weighted by atomic mass is 10.0. The number of aromatic nitrogens is 2. The van der Waals surface area contributed by atoms with Gasteiger partial charge in [-0.25, -0.2) is 9.69 Å². The van der Waals surface area contributed by atoms with Crippen molar-refractivity contribution in [3.63, 3.8) is 0 Å². The van der Waals surface area contributed by atoms with Gasteiger partial charge in [-0.2, -0.15) is 0 Å². The smallest absolute Gasteiger partial charge is 0.189 e. The highest BCUT2D eigenvalue weighted by molar-refractivity contribution is 6.15. The molecule has 42 heavy (non-hydrogen) atoms. The molecule has 0 atom stereocenters. The third-order valence-electron chi connectivity index (χ3n) is 8.11. The molecule has 0 spiro atoms. The van der Waals surface area contributed by atoms with Crippen molar-refractivity contribution in [1.29, 1.82) is 0 Å². The average Bonchev–Trinajstić information content (AvgIpc) is 3.57. The Hall–Kier alpha value is -6.10. The van der Waals surface area contributed by atoms with E-state index in [0.29, 0.717) is 11.4 Å². The molecule has 0 saturated heterocycles. The number of benzene rings is 6. The number of hydrogen-bond donors (Lipinski definition) is 0. The zero-order valence-corrected chi connectivity index (χ0v) is 22.5. The molecule has 0 saturated carbocycles. The highest BCUT2D eigenvalue weighted by Gasteiger charge is 2.18. The van der Waals surface area contributed by atoms with Gasteiger partial charge in [0.05, 0.1) is 35.2 Å². The van der Waals surface area contributed by atoms with Crippen LogP contribution in [0.1, 0.15) is 0 Å². The van der Waals surface area contributed by atoms with Gasteiger partial charge in [-0.05, 0) is 59.5 Å². The third-order valence-corrected chi connectivity index (χ3v) is 8.11. The highest BCUT2D eigenvalue weighted by atomic mass is 15.0. The van der Waals surface area contributed by atoms with Gasteiger partial charge >= 0.3 is 0 Å². The molecule has 0 unspecified atom stereocenters. The van der Waals surface area contributed by atoms with Crippen LogP contribution in [0.2, 0.25) is 0 Å². The minimum Gasteiger partial charge on any atom is -0.310 e. The minimum absolute atomic E-state index is 0.589. The van der Waals surface area contributed by atoms with Gasteiger partial charge in [-0.1, -0.05) is 84.9 Å². The topological polar surface area (TPSA) is 18.6 Å². The Kier molecular flexibility index (Phi) is 5.22. The molecule has 8 aromatic rings. The lowest BCUT2D eigenvalue weighted by molar-refractivity contribution is 1.17. The summed E-state index contributed by atoms with van der Waals surface area (Å²) in [5, 5.41) is 4.56. The first-order chi connectivity index (χ1) is 20.7. The quantitative estimate of drug-likeness (QED) is 0.201. The summed E-state index contributed by atoms with van der Waals surface area (Å²) < 4.78 is 4.57. The van der Waals surface area contributed by atoms with Gasteiger partial charge in [0.1, 0.15) is 0 Å². The molecule has 0 N–H and O–H groups in total. The summed E-state index contributed by atoms with van der Waals surface area (Å²) in [6.45, 7) is 15.2. The molecule has 0 fully saturated rings. The van der Waals surface area contributed by atoms with E-state index in [-0.39, 0.29) is 0 Å². The van der Waals surface area contributed by atoms with Gasteiger partial charge in [-0.3, -0.25) is 0 Å². The maximum absolute atomic E-state index is 7.62. The van der Waals surface area contributed by atoms with Gasteiger partial charge in [0.2, 0.25) is 0 Å². The molecule has 0 bridgehead atoms. The van der Waals surface area contributed by atoms with Crippen LogP contribution in [0.4, 0.5) is 11.4 Å². The molecule has 4 nitrogen and oxygen atoms in total. The maximum Gasteiger partial charge on any atom is 0.189 e. The van der Waals surface area contributed by atoms with Gasteiger partial charge in [-0.15, -0.1) is 0 Å². The van der Waals surface area contributed by atoms with Gasteiger partial charge in [0.25, 0.3) is 0 Å². The lowest BCUT2D eigenvalue weighted by Crippen LogP contribution is -1.97. The second-order valence-corrected chi connectivity index (χ2v) is 10.4. The summed E-state index contributed by atoms with van der Waals surface area (Å²) in [6, 6.07) is 45.8. The molecule has 6 aromatic carbocycles. The summed E-state index contributed by atoms with van der Waals surface area (Å²) >= 11 is 0. The predicted octanol–water partition coefficient (Wildman–Crippen LogP) is 10.6. The number of rotatable bonds is 3. The van der Waals surface area contributed by atoms with Crippen molar-refractivity contribution in [3.05, 3.63) is 156 Å². The van der Waals surface area contributed by atoms with Crippen LogP contribution in [0.25, 0.3) is 75.8 Å². The van der Waals surface area contributed by atoms with Crippen LogP contribution in [0.15, 0.2) is 133 Å². The van der Waals surface area contributed by atoms with E-state index in [9.17, 15) is 0 Å². The summed E-state index contributed by atoms with van der Waals surface area (Å²) in [5.41, 5.74) is 9.79. The summed E-state index contributed by atoms with van der Waals surface area (Å²) in [4.78, 5) is 7.40. The number of hydrogen-bond acceptors (Lipinski definition) is 0. The molecular formula is C38H22N4. The minimum atomic E-state index is 0.589. The van der Waals surface area contributed by atoms with E-state index in [2.05, 4.69) is 110 Å². The molecule has 0 aliphatic carbocycles. The molecule has 0 radical (unpaired) electrons. The Labute approximate surface area is 242 Å². The van der Waals surface area contributed by atoms with Crippen LogP contribution in [-0.2, 0) is 0 Å². The molecule has 194 valence electrons. The molecule has 2 aromatic heterocycles. The number of nitrogens with zero attached hydrogens (tertiary/aromatic N) is 4. The molecule has 4 heteroatoms. The Morgan fingerprint density at radius 2 is 1.02 bits per heavy atom. The van der Waals surface area contributed by atoms with Crippen LogP contribution in [0, 0.1) is 13.1 Å². The van der Waals surface area contributed by atoms with Crippen molar-refractivity contribution >= 4 is 55.0 Å². The van der Waals surface area contributed by atoms with Crippen molar-refractivity contribution in [2.75, 3.05) is 0 Å². The molecule has 0 aliphatic rings. The third kappa shape index (κ3) is 3.47. The summed E-state index contributed by atoms with van der Waals surface area (Å²) in [6.07, 6.45) is 0. The van der Waals surface area contributed by atoms with Crippen LogP contribution < -0.4 is 0 Å². The van der Waals surface area contributed by atoms with Crippen molar-refractivity contribution in [2.24, 2.45) is 0 Å². The standard InChI is InChI=1S/C38H22N4/c1-39-26-11-8-13-29(23-26)42-37-21-20-27(40-2)24-34(37)33-17-9-16-30(38(33)42)25-10-7-12-28(22-25)41-35-18-5-3-14-31(35)32-15-4-6-19-36(32)41/h3-24H. The van der Waals surface area contributed by atoms with Gasteiger partial charge < -0.3 is 9.13 Å². The largest absolute Gasteiger partial charge is 0.310 e. The first-order valence-corrected chi connectivity index (χ1v) is 13.8. The summed E-state index contributed by atoms with van der Waals surface area (Å²) in [5.74, 6) is 0. The fourth-order valence-electron chi connectivity index (χ4n) is 6.34. The number of para-hydroxylation sites is 3. The zero-order valence-electron chi connectivity index (χ0n) is 22.5. The second-order valence-electron chi connectivity index (χ2n) is 10.4. The van der Waals surface area contributed by atoms with Crippen molar-refractivity contribution in [2.45, 2.75) is 0 Å². The summed E-state index contributed by atoms with van der Waals surface area (Å²) in [7, 11) is 0. The molecule has 0 amide bonds. The maximum atomic E-state index is 7.62. The van der Waals surface area contributed by atoms with Crippen molar-refractivity contribution < 1.29 is 0 Å². The van der Waals surface area contributed by atoms with Gasteiger partial charge in [0, 0.05) is 33.1 Å². The molecular weight excluding hydrogens is 512 g/mol. The Morgan fingerprint density at radius 3 is 1.76 bits per heavy atom. The predicted molar refractivity (Wildman–Crippen MR) is 173 cm³/mol. The molecule has 2 heterocycles. The van der Waals surface area contributed by atoms with E-state index >= 15 is 0 Å². The molecule has 0 aliphatic heterocycles. The van der Waals surface area contributed by atoms with E-state index in [0.717, 1.165) is 44.3 Å². The zero-order chi connectivity index (χ0) is 28.2. The van der Waals surface area contributed by atoms with E-state index in [1.54, 1.807) is 0 Å². The van der Waals surface area contributed by atoms with E-state index in [1.165, 1.54) is 21.8 Å². The van der Waals surface area contributed by atoms with Crippen LogP contribution in [-0.4, -0.2) is 9.13 Å². The first-order valence-electron chi connectivity index (χ1n) is 13.8. The fourth-order valence-corrected chi connectivity index (χ4v) is 6.34. The monoisotopic (exact) mass is 534 g/mol. The first kappa shape index (κ1) is 23.8. The van der Waals surface area contributed by atoms with E-state index in [1.807, 2.05) is 42.5 Å². The Morgan fingerprint density at radius 1 is 0.429 bits per heavy atom. The Balaban J connectivity index is 1.44. The van der Waals surface area contributed by atoms with Crippen LogP contribution >= 0.6 is 0 Å². The Bertz CT molecular complexity index is 2390. The van der Waals surface area contributed by atoms with Crippen LogP contribution in [0.5, 0.6) is 0 Å². The average molecular weight is 535 g/mol. The van der Waals surface area contributed by atoms with E-state index < -0.39 is 0 Å². The fraction of sp³-hybridized carbons (Fsp3) is 0. The second kappa shape index (κ2) is 9.24. The van der Waals surface area contributed by atoms with E-state index in [4.69, 9.17) is 13.1 Å². The number of fused-ring (bicyclic) bond motifs is 6. The normalized spacial score (nSPS) is 11.3.